The molecule has 1 aromatic carbocycles. The SMILES string of the molecule is CN(CCCOc1ccc(N)cc1)CC1CC2CCC1C2. The Hall–Kier alpha value is -1.22. The molecule has 21 heavy (non-hydrogen) atoms. The molecule has 0 saturated heterocycles. The third-order valence-corrected chi connectivity index (χ3v) is 5.26. The van der Waals surface area contributed by atoms with Gasteiger partial charge >= 0.3 is 0 Å². The Bertz CT molecular complexity index is 445. The maximum atomic E-state index is 5.75. The first-order chi connectivity index (χ1) is 10.2. The van der Waals surface area contributed by atoms with E-state index < -0.39 is 0 Å². The van der Waals surface area contributed by atoms with Crippen molar-refractivity contribution >= 4 is 5.69 Å². The van der Waals surface area contributed by atoms with Crippen LogP contribution in [0.25, 0.3) is 0 Å². The molecule has 0 spiro atoms. The van der Waals surface area contributed by atoms with E-state index in [-0.39, 0.29) is 0 Å². The van der Waals surface area contributed by atoms with Crippen molar-refractivity contribution in [3.8, 4) is 5.75 Å². The number of fused-ring (bicyclic) bond motifs is 2. The van der Waals surface area contributed by atoms with E-state index >= 15 is 0 Å². The van der Waals surface area contributed by atoms with Crippen LogP contribution in [0, 0.1) is 17.8 Å². The van der Waals surface area contributed by atoms with E-state index in [0.29, 0.717) is 0 Å². The molecule has 3 unspecified atom stereocenters. The lowest BCUT2D eigenvalue weighted by atomic mass is 9.88. The molecule has 1 aromatic rings. The van der Waals surface area contributed by atoms with Gasteiger partial charge in [-0.2, -0.15) is 0 Å². The summed E-state index contributed by atoms with van der Waals surface area (Å²) in [5, 5.41) is 0. The predicted molar refractivity (Wildman–Crippen MR) is 87.4 cm³/mol. The fraction of sp³-hybridized carbons (Fsp3) is 0.667. The van der Waals surface area contributed by atoms with Crippen LogP contribution in [0.3, 0.4) is 0 Å². The molecule has 0 heterocycles. The molecule has 0 aliphatic heterocycles. The number of rotatable bonds is 7. The number of benzene rings is 1. The number of hydrogen-bond acceptors (Lipinski definition) is 3. The zero-order chi connectivity index (χ0) is 14.7. The molecule has 3 heteroatoms. The molecular formula is C18H28N2O. The van der Waals surface area contributed by atoms with Crippen molar-refractivity contribution in [2.24, 2.45) is 17.8 Å². The van der Waals surface area contributed by atoms with E-state index in [1.165, 1.54) is 32.2 Å². The van der Waals surface area contributed by atoms with Gasteiger partial charge in [-0.25, -0.2) is 0 Å². The third-order valence-electron chi connectivity index (χ3n) is 5.26. The quantitative estimate of drug-likeness (QED) is 0.617. The van der Waals surface area contributed by atoms with Crippen LogP contribution in [0.15, 0.2) is 24.3 Å². The van der Waals surface area contributed by atoms with Crippen molar-refractivity contribution in [1.29, 1.82) is 0 Å². The molecule has 2 N–H and O–H groups in total. The fourth-order valence-corrected chi connectivity index (χ4v) is 4.18. The highest BCUT2D eigenvalue weighted by Crippen LogP contribution is 2.48. The van der Waals surface area contributed by atoms with Gasteiger partial charge in [0.2, 0.25) is 0 Å². The van der Waals surface area contributed by atoms with Crippen molar-refractivity contribution in [2.45, 2.75) is 32.1 Å². The number of ether oxygens (including phenoxy) is 1. The van der Waals surface area contributed by atoms with Gasteiger partial charge in [0, 0.05) is 18.8 Å². The number of hydrogen-bond donors (Lipinski definition) is 1. The van der Waals surface area contributed by atoms with Gasteiger partial charge in [0.1, 0.15) is 5.75 Å². The molecule has 2 saturated carbocycles. The molecule has 2 aliphatic rings. The lowest BCUT2D eigenvalue weighted by molar-refractivity contribution is 0.204. The Morgan fingerprint density at radius 3 is 2.67 bits per heavy atom. The van der Waals surface area contributed by atoms with Gasteiger partial charge in [-0.1, -0.05) is 6.42 Å². The highest BCUT2D eigenvalue weighted by atomic mass is 16.5. The first-order valence-corrected chi connectivity index (χ1v) is 8.37. The Kier molecular flexibility index (Phi) is 4.69. The average molecular weight is 288 g/mol. The van der Waals surface area contributed by atoms with Crippen LogP contribution in [0.1, 0.15) is 32.1 Å². The molecule has 0 aromatic heterocycles. The van der Waals surface area contributed by atoms with Crippen LogP contribution in [0.5, 0.6) is 5.75 Å². The van der Waals surface area contributed by atoms with Crippen LogP contribution in [-0.4, -0.2) is 31.6 Å². The first-order valence-electron chi connectivity index (χ1n) is 8.37. The Labute approximate surface area is 128 Å². The van der Waals surface area contributed by atoms with Crippen LogP contribution < -0.4 is 10.5 Å². The Morgan fingerprint density at radius 2 is 2.00 bits per heavy atom. The minimum absolute atomic E-state index is 0.783. The number of anilines is 1. The first kappa shape index (κ1) is 14.7. The summed E-state index contributed by atoms with van der Waals surface area (Å²) in [6.07, 6.45) is 7.07. The fourth-order valence-electron chi connectivity index (χ4n) is 4.18. The van der Waals surface area contributed by atoms with Crippen LogP contribution >= 0.6 is 0 Å². The van der Waals surface area contributed by atoms with E-state index in [1.54, 1.807) is 0 Å². The Morgan fingerprint density at radius 1 is 1.19 bits per heavy atom. The van der Waals surface area contributed by atoms with E-state index in [2.05, 4.69) is 11.9 Å². The van der Waals surface area contributed by atoms with Gasteiger partial charge in [-0.05, 0) is 74.8 Å². The van der Waals surface area contributed by atoms with Crippen LogP contribution in [0.4, 0.5) is 5.69 Å². The van der Waals surface area contributed by atoms with Gasteiger partial charge in [0.15, 0.2) is 0 Å². The van der Waals surface area contributed by atoms with Crippen LogP contribution in [-0.2, 0) is 0 Å². The summed E-state index contributed by atoms with van der Waals surface area (Å²) >= 11 is 0. The maximum Gasteiger partial charge on any atom is 0.119 e. The van der Waals surface area contributed by atoms with Gasteiger partial charge in [0.25, 0.3) is 0 Å². The molecule has 3 nitrogen and oxygen atoms in total. The third kappa shape index (κ3) is 3.91. The van der Waals surface area contributed by atoms with E-state index in [0.717, 1.165) is 48.8 Å². The van der Waals surface area contributed by atoms with Crippen LogP contribution in [0.2, 0.25) is 0 Å². The Balaban J connectivity index is 1.31. The monoisotopic (exact) mass is 288 g/mol. The van der Waals surface area contributed by atoms with Crippen molar-refractivity contribution in [1.82, 2.24) is 4.90 Å². The highest BCUT2D eigenvalue weighted by Gasteiger charge is 2.39. The van der Waals surface area contributed by atoms with Gasteiger partial charge in [-0.15, -0.1) is 0 Å². The summed E-state index contributed by atoms with van der Waals surface area (Å²) in [4.78, 5) is 2.50. The van der Waals surface area contributed by atoms with E-state index in [1.807, 2.05) is 24.3 Å². The van der Waals surface area contributed by atoms with E-state index in [9.17, 15) is 0 Å². The zero-order valence-electron chi connectivity index (χ0n) is 13.1. The van der Waals surface area contributed by atoms with Crippen molar-refractivity contribution in [2.75, 3.05) is 32.5 Å². The molecular weight excluding hydrogens is 260 g/mol. The molecule has 2 bridgehead atoms. The molecule has 3 atom stereocenters. The minimum Gasteiger partial charge on any atom is -0.494 e. The normalized spacial score (nSPS) is 27.4. The number of nitrogens with two attached hydrogens (primary N) is 1. The summed E-state index contributed by atoms with van der Waals surface area (Å²) in [5.74, 6) is 3.97. The number of nitrogens with zero attached hydrogens (tertiary/aromatic N) is 1. The summed E-state index contributed by atoms with van der Waals surface area (Å²) in [7, 11) is 2.26. The second kappa shape index (κ2) is 6.69. The molecule has 0 radical (unpaired) electrons. The molecule has 3 rings (SSSR count). The van der Waals surface area contributed by atoms with Gasteiger partial charge < -0.3 is 15.4 Å². The predicted octanol–water partition coefficient (Wildman–Crippen LogP) is 3.41. The summed E-state index contributed by atoms with van der Waals surface area (Å²) < 4.78 is 5.75. The second-order valence-corrected chi connectivity index (χ2v) is 6.97. The van der Waals surface area contributed by atoms with E-state index in [4.69, 9.17) is 10.5 Å². The van der Waals surface area contributed by atoms with Crippen molar-refractivity contribution < 1.29 is 4.74 Å². The molecule has 0 amide bonds. The van der Waals surface area contributed by atoms with Gasteiger partial charge in [-0.3, -0.25) is 0 Å². The smallest absolute Gasteiger partial charge is 0.119 e. The second-order valence-electron chi connectivity index (χ2n) is 6.97. The van der Waals surface area contributed by atoms with Crippen molar-refractivity contribution in [3.05, 3.63) is 24.3 Å². The lowest BCUT2D eigenvalue weighted by Gasteiger charge is -2.27. The summed E-state index contributed by atoms with van der Waals surface area (Å²) in [6, 6.07) is 7.65. The largest absolute Gasteiger partial charge is 0.494 e. The lowest BCUT2D eigenvalue weighted by Crippen LogP contribution is -2.30. The zero-order valence-corrected chi connectivity index (χ0v) is 13.1. The highest BCUT2D eigenvalue weighted by molar-refractivity contribution is 5.41. The maximum absolute atomic E-state index is 5.75. The standard InChI is InChI=1S/C18H28N2O/c1-20(13-16-12-14-3-4-15(16)11-14)9-2-10-21-18-7-5-17(19)6-8-18/h5-8,14-16H,2-4,9-13,19H2,1H3. The van der Waals surface area contributed by atoms with Crippen molar-refractivity contribution in [3.63, 3.8) is 0 Å². The molecule has 2 aliphatic carbocycles. The number of nitrogen functional groups attached to an aromatic ring is 1. The summed E-state index contributed by atoms with van der Waals surface area (Å²) in [5.41, 5.74) is 6.45. The minimum atomic E-state index is 0.783. The molecule has 2 fully saturated rings. The molecule has 116 valence electrons. The average Bonchev–Trinajstić information content (AvgIpc) is 3.08. The van der Waals surface area contributed by atoms with Gasteiger partial charge in [0.05, 0.1) is 6.61 Å². The topological polar surface area (TPSA) is 38.5 Å². The summed E-state index contributed by atoms with van der Waals surface area (Å²) in [6.45, 7) is 3.19.